The smallest absolute Gasteiger partial charge is 0.239 e. The molecule has 0 aliphatic heterocycles. The van der Waals surface area contributed by atoms with Crippen LogP contribution in [0.3, 0.4) is 0 Å². The third-order valence-corrected chi connectivity index (χ3v) is 5.20. The first-order valence-corrected chi connectivity index (χ1v) is 6.96. The van der Waals surface area contributed by atoms with Gasteiger partial charge >= 0.3 is 0 Å². The number of fused-ring (bicyclic) bond motifs is 2. The van der Waals surface area contributed by atoms with E-state index in [1.54, 1.807) is 13.8 Å². The van der Waals surface area contributed by atoms with Crippen molar-refractivity contribution >= 4 is 23.2 Å². The molecule has 0 radical (unpaired) electrons. The van der Waals surface area contributed by atoms with Crippen LogP contribution in [-0.4, -0.2) is 17.5 Å². The van der Waals surface area contributed by atoms with Gasteiger partial charge in [-0.25, -0.2) is 4.39 Å². The molecule has 2 saturated carbocycles. The summed E-state index contributed by atoms with van der Waals surface area (Å²) >= 11 is 0. The fourth-order valence-corrected chi connectivity index (χ4v) is 3.86. The van der Waals surface area contributed by atoms with E-state index in [9.17, 15) is 18.8 Å². The number of carbonyl (C=O) groups excluding carboxylic acids is 3. The van der Waals surface area contributed by atoms with Crippen LogP contribution in [0.25, 0.3) is 0 Å². The summed E-state index contributed by atoms with van der Waals surface area (Å²) in [6, 6.07) is 5.34. The summed E-state index contributed by atoms with van der Waals surface area (Å²) in [6.07, 6.45) is 0.955. The molecule has 4 nitrogen and oxygen atoms in total. The largest absolute Gasteiger partial charge is 0.325 e. The molecule has 110 valence electrons. The van der Waals surface area contributed by atoms with Gasteiger partial charge < -0.3 is 5.32 Å². The van der Waals surface area contributed by atoms with Gasteiger partial charge in [-0.15, -0.1) is 0 Å². The lowest BCUT2D eigenvalue weighted by Crippen LogP contribution is -2.47. The summed E-state index contributed by atoms with van der Waals surface area (Å²) in [7, 11) is 0. The number of rotatable bonds is 2. The van der Waals surface area contributed by atoms with Gasteiger partial charge in [0, 0.05) is 11.6 Å². The molecule has 3 rings (SSSR count). The van der Waals surface area contributed by atoms with Gasteiger partial charge in [0.25, 0.3) is 0 Å². The highest BCUT2D eigenvalue weighted by Gasteiger charge is 2.72. The molecular formula is C16H16FNO3. The fourth-order valence-electron chi connectivity index (χ4n) is 3.86. The van der Waals surface area contributed by atoms with Gasteiger partial charge in [0.05, 0.1) is 0 Å². The molecule has 21 heavy (non-hydrogen) atoms. The molecule has 2 aliphatic rings. The van der Waals surface area contributed by atoms with E-state index in [4.69, 9.17) is 0 Å². The highest BCUT2D eigenvalue weighted by molar-refractivity contribution is 6.48. The van der Waals surface area contributed by atoms with Crippen LogP contribution in [0.5, 0.6) is 0 Å². The SMILES string of the molecule is CC1(C)[C@H]2CC[C@]1(C(=O)Nc1ccc(F)cc1)C(=O)C2=O. The van der Waals surface area contributed by atoms with Crippen molar-refractivity contribution in [1.82, 2.24) is 0 Å². The summed E-state index contributed by atoms with van der Waals surface area (Å²) in [5.41, 5.74) is -1.55. The molecular weight excluding hydrogens is 273 g/mol. The average Bonchev–Trinajstić information content (AvgIpc) is 2.78. The van der Waals surface area contributed by atoms with Crippen molar-refractivity contribution in [2.45, 2.75) is 26.7 Å². The fraction of sp³-hybridized carbons (Fsp3) is 0.438. The molecule has 2 atom stereocenters. The number of hydrogen-bond acceptors (Lipinski definition) is 3. The van der Waals surface area contributed by atoms with Crippen molar-refractivity contribution < 1.29 is 18.8 Å². The molecule has 2 fully saturated rings. The molecule has 1 aromatic carbocycles. The Hall–Kier alpha value is -2.04. The summed E-state index contributed by atoms with van der Waals surface area (Å²) < 4.78 is 12.9. The van der Waals surface area contributed by atoms with Gasteiger partial charge in [-0.05, 0) is 42.5 Å². The van der Waals surface area contributed by atoms with E-state index < -0.39 is 34.1 Å². The van der Waals surface area contributed by atoms with Crippen LogP contribution in [0, 0.1) is 22.6 Å². The minimum absolute atomic E-state index is 0.371. The summed E-state index contributed by atoms with van der Waals surface area (Å²) in [5, 5.41) is 2.66. The first-order chi connectivity index (χ1) is 9.80. The number of carbonyl (C=O) groups is 3. The van der Waals surface area contributed by atoms with Crippen molar-refractivity contribution in [3.63, 3.8) is 0 Å². The highest BCUT2D eigenvalue weighted by Crippen LogP contribution is 2.62. The van der Waals surface area contributed by atoms with Crippen LogP contribution in [0.2, 0.25) is 0 Å². The molecule has 0 heterocycles. The topological polar surface area (TPSA) is 63.2 Å². The van der Waals surface area contributed by atoms with Gasteiger partial charge in [-0.3, -0.25) is 14.4 Å². The second-order valence-electron chi connectivity index (χ2n) is 6.37. The van der Waals surface area contributed by atoms with Gasteiger partial charge in [-0.1, -0.05) is 13.8 Å². The maximum absolute atomic E-state index is 12.9. The first-order valence-electron chi connectivity index (χ1n) is 6.96. The quantitative estimate of drug-likeness (QED) is 0.671. The number of ketones is 2. The van der Waals surface area contributed by atoms with Gasteiger partial charge in [0.1, 0.15) is 11.2 Å². The van der Waals surface area contributed by atoms with E-state index in [0.29, 0.717) is 18.5 Å². The molecule has 0 unspecified atom stereocenters. The number of hydrogen-bond donors (Lipinski definition) is 1. The number of halogens is 1. The van der Waals surface area contributed by atoms with Gasteiger partial charge in [0.15, 0.2) is 0 Å². The Morgan fingerprint density at radius 1 is 1.24 bits per heavy atom. The minimum atomic E-state index is -1.29. The molecule has 1 amide bonds. The average molecular weight is 289 g/mol. The summed E-state index contributed by atoms with van der Waals surface area (Å²) in [5.74, 6) is -2.25. The summed E-state index contributed by atoms with van der Waals surface area (Å²) in [4.78, 5) is 37.0. The Balaban J connectivity index is 1.95. The van der Waals surface area contributed by atoms with E-state index in [0.717, 1.165) is 0 Å². The van der Waals surface area contributed by atoms with Crippen LogP contribution in [0.1, 0.15) is 26.7 Å². The highest BCUT2D eigenvalue weighted by atomic mass is 19.1. The number of nitrogens with one attached hydrogen (secondary N) is 1. The van der Waals surface area contributed by atoms with Crippen LogP contribution in [0.15, 0.2) is 24.3 Å². The third kappa shape index (κ3) is 1.63. The van der Waals surface area contributed by atoms with E-state index in [1.807, 2.05) is 0 Å². The van der Waals surface area contributed by atoms with Crippen molar-refractivity contribution in [3.05, 3.63) is 30.1 Å². The lowest BCUT2D eigenvalue weighted by atomic mass is 9.68. The van der Waals surface area contributed by atoms with E-state index in [-0.39, 0.29) is 5.92 Å². The molecule has 2 bridgehead atoms. The maximum Gasteiger partial charge on any atom is 0.239 e. The van der Waals surface area contributed by atoms with E-state index >= 15 is 0 Å². The minimum Gasteiger partial charge on any atom is -0.325 e. The van der Waals surface area contributed by atoms with Gasteiger partial charge in [-0.2, -0.15) is 0 Å². The number of anilines is 1. The van der Waals surface area contributed by atoms with Crippen LogP contribution < -0.4 is 5.32 Å². The zero-order valence-corrected chi connectivity index (χ0v) is 11.9. The standard InChI is InChI=1S/C16H16FNO3/c1-15(2)11-7-8-16(15,13(20)12(11)19)14(21)18-10-5-3-9(17)4-6-10/h3-6,11H,7-8H2,1-2H3,(H,18,21)/t11-,16+/m0/s1. The molecule has 2 aliphatic carbocycles. The summed E-state index contributed by atoms with van der Waals surface area (Å²) in [6.45, 7) is 3.61. The molecule has 1 aromatic rings. The Kier molecular flexibility index (Phi) is 2.80. The molecule has 0 spiro atoms. The molecule has 1 N–H and O–H groups in total. The lowest BCUT2D eigenvalue weighted by Gasteiger charge is -2.33. The zero-order chi connectivity index (χ0) is 15.4. The first kappa shape index (κ1) is 13.9. The second-order valence-corrected chi connectivity index (χ2v) is 6.37. The number of Topliss-reactive ketones (excluding diaryl/α,β-unsaturated/α-hetero) is 2. The van der Waals surface area contributed by atoms with Crippen LogP contribution in [-0.2, 0) is 14.4 Å². The van der Waals surface area contributed by atoms with Crippen molar-refractivity contribution in [1.29, 1.82) is 0 Å². The number of benzene rings is 1. The van der Waals surface area contributed by atoms with E-state index in [1.165, 1.54) is 24.3 Å². The van der Waals surface area contributed by atoms with Crippen molar-refractivity contribution in [2.75, 3.05) is 5.32 Å². The Morgan fingerprint density at radius 2 is 1.86 bits per heavy atom. The molecule has 5 heteroatoms. The normalized spacial score (nSPS) is 29.8. The monoisotopic (exact) mass is 289 g/mol. The Labute approximate surface area is 121 Å². The second kappa shape index (κ2) is 4.23. The van der Waals surface area contributed by atoms with Crippen LogP contribution in [0.4, 0.5) is 10.1 Å². The predicted molar refractivity (Wildman–Crippen MR) is 74.0 cm³/mol. The van der Waals surface area contributed by atoms with E-state index in [2.05, 4.69) is 5.32 Å². The predicted octanol–water partition coefficient (Wildman–Crippen LogP) is 2.34. The number of amides is 1. The Bertz CT molecular complexity index is 650. The Morgan fingerprint density at radius 3 is 2.38 bits per heavy atom. The zero-order valence-electron chi connectivity index (χ0n) is 11.9. The molecule has 0 saturated heterocycles. The van der Waals surface area contributed by atoms with Crippen molar-refractivity contribution in [3.8, 4) is 0 Å². The van der Waals surface area contributed by atoms with Crippen molar-refractivity contribution in [2.24, 2.45) is 16.7 Å². The molecule has 0 aromatic heterocycles. The van der Waals surface area contributed by atoms with Crippen LogP contribution >= 0.6 is 0 Å². The lowest BCUT2D eigenvalue weighted by molar-refractivity contribution is -0.147. The third-order valence-electron chi connectivity index (χ3n) is 5.20. The van der Waals surface area contributed by atoms with Gasteiger partial charge in [0.2, 0.25) is 17.5 Å². The maximum atomic E-state index is 12.9.